The van der Waals surface area contributed by atoms with Gasteiger partial charge in [-0.05, 0) is 68.0 Å². The molecule has 1 saturated heterocycles. The highest BCUT2D eigenvalue weighted by Crippen LogP contribution is 2.42. The van der Waals surface area contributed by atoms with E-state index in [0.717, 1.165) is 24.8 Å². The summed E-state index contributed by atoms with van der Waals surface area (Å²) < 4.78 is 0. The predicted octanol–water partition coefficient (Wildman–Crippen LogP) is 4.83. The Morgan fingerprint density at radius 3 is 2.62 bits per heavy atom. The minimum Gasteiger partial charge on any atom is -0.322 e. The summed E-state index contributed by atoms with van der Waals surface area (Å²) in [4.78, 5) is 39.9. The van der Waals surface area contributed by atoms with Crippen molar-refractivity contribution >= 4 is 40.7 Å². The first-order valence-electron chi connectivity index (χ1n) is 9.90. The fourth-order valence-corrected chi connectivity index (χ4v) is 4.53. The van der Waals surface area contributed by atoms with Gasteiger partial charge in [-0.15, -0.1) is 0 Å². The summed E-state index contributed by atoms with van der Waals surface area (Å²) in [5, 5.41) is 3.38. The number of benzene rings is 2. The zero-order valence-electron chi connectivity index (χ0n) is 16.4. The predicted molar refractivity (Wildman–Crippen MR) is 113 cm³/mol. The number of hydrogen-bond acceptors (Lipinski definition) is 3. The monoisotopic (exact) mass is 410 g/mol. The summed E-state index contributed by atoms with van der Waals surface area (Å²) in [6.45, 7) is 4.01. The van der Waals surface area contributed by atoms with E-state index in [2.05, 4.69) is 12.2 Å². The second-order valence-corrected chi connectivity index (χ2v) is 8.54. The largest absolute Gasteiger partial charge is 0.322 e. The minimum atomic E-state index is -0.317. The Morgan fingerprint density at radius 2 is 1.83 bits per heavy atom. The van der Waals surface area contributed by atoms with E-state index in [9.17, 15) is 14.4 Å². The minimum absolute atomic E-state index is 0.143. The first-order chi connectivity index (χ1) is 13.8. The van der Waals surface area contributed by atoms with Crippen molar-refractivity contribution in [1.82, 2.24) is 0 Å². The normalized spacial score (nSPS) is 23.8. The topological polar surface area (TPSA) is 66.5 Å². The molecule has 5 nitrogen and oxygen atoms in total. The van der Waals surface area contributed by atoms with Gasteiger partial charge in [-0.1, -0.05) is 30.7 Å². The van der Waals surface area contributed by atoms with Crippen LogP contribution in [0.25, 0.3) is 0 Å². The second-order valence-electron chi connectivity index (χ2n) is 8.11. The molecule has 2 fully saturated rings. The second kappa shape index (κ2) is 7.64. The van der Waals surface area contributed by atoms with Gasteiger partial charge in [0.2, 0.25) is 11.8 Å². The van der Waals surface area contributed by atoms with Gasteiger partial charge in [0.15, 0.2) is 0 Å². The lowest BCUT2D eigenvalue weighted by molar-refractivity contribution is -0.122. The summed E-state index contributed by atoms with van der Waals surface area (Å²) in [7, 11) is 0. The lowest BCUT2D eigenvalue weighted by atomic mass is 9.76. The van der Waals surface area contributed by atoms with Gasteiger partial charge < -0.3 is 5.32 Å². The van der Waals surface area contributed by atoms with Crippen LogP contribution in [-0.2, 0) is 9.59 Å². The molecule has 1 saturated carbocycles. The van der Waals surface area contributed by atoms with Gasteiger partial charge in [0.05, 0.1) is 17.5 Å². The summed E-state index contributed by atoms with van der Waals surface area (Å²) in [5.74, 6) is -0.624. The third kappa shape index (κ3) is 3.67. The van der Waals surface area contributed by atoms with Gasteiger partial charge in [-0.3, -0.25) is 19.3 Å². The van der Waals surface area contributed by atoms with Crippen LogP contribution in [0.15, 0.2) is 42.5 Å². The number of rotatable bonds is 3. The van der Waals surface area contributed by atoms with Crippen LogP contribution in [0.2, 0.25) is 5.02 Å². The number of carbonyl (C=O) groups excluding carboxylic acids is 3. The average Bonchev–Trinajstić information content (AvgIpc) is 2.94. The van der Waals surface area contributed by atoms with Crippen LogP contribution >= 0.6 is 11.6 Å². The average molecular weight is 411 g/mol. The smallest absolute Gasteiger partial charge is 0.255 e. The third-order valence-electron chi connectivity index (χ3n) is 6.00. The van der Waals surface area contributed by atoms with Crippen molar-refractivity contribution in [3.05, 3.63) is 58.6 Å². The summed E-state index contributed by atoms with van der Waals surface area (Å²) in [6, 6.07) is 12.0. The quantitative estimate of drug-likeness (QED) is 0.737. The van der Waals surface area contributed by atoms with Gasteiger partial charge in [-0.2, -0.15) is 0 Å². The van der Waals surface area contributed by atoms with Crippen molar-refractivity contribution in [3.63, 3.8) is 0 Å². The van der Waals surface area contributed by atoms with Crippen molar-refractivity contribution in [2.24, 2.45) is 17.8 Å². The molecule has 1 heterocycles. The zero-order chi connectivity index (χ0) is 20.7. The molecule has 6 heteroatoms. The highest BCUT2D eigenvalue weighted by Gasteiger charge is 2.50. The van der Waals surface area contributed by atoms with Gasteiger partial charge in [0.1, 0.15) is 0 Å². The molecule has 29 heavy (non-hydrogen) atoms. The molecule has 2 aromatic carbocycles. The summed E-state index contributed by atoms with van der Waals surface area (Å²) in [5.41, 5.74) is 2.35. The Kier molecular flexibility index (Phi) is 5.17. The van der Waals surface area contributed by atoms with Gasteiger partial charge in [0, 0.05) is 16.3 Å². The Balaban J connectivity index is 1.59. The van der Waals surface area contributed by atoms with Gasteiger partial charge >= 0.3 is 0 Å². The van der Waals surface area contributed by atoms with Crippen molar-refractivity contribution in [3.8, 4) is 0 Å². The fraction of sp³-hybridized carbons (Fsp3) is 0.348. The molecular weight excluding hydrogens is 388 g/mol. The number of anilines is 2. The van der Waals surface area contributed by atoms with E-state index in [4.69, 9.17) is 11.6 Å². The van der Waals surface area contributed by atoms with Crippen LogP contribution in [0, 0.1) is 24.7 Å². The van der Waals surface area contributed by atoms with E-state index in [1.54, 1.807) is 36.4 Å². The number of nitrogens with one attached hydrogen (secondary N) is 1. The molecule has 3 atom stereocenters. The van der Waals surface area contributed by atoms with E-state index in [1.165, 1.54) is 4.90 Å². The molecule has 1 N–H and O–H groups in total. The maximum absolute atomic E-state index is 12.9. The molecule has 3 amide bonds. The SMILES string of the molecule is Cc1ccc(Cl)cc1NC(=O)c1cccc(N2C(=O)[C@H]3CC[C@@H](C)C[C@@H]3C2=O)c1. The molecule has 0 bridgehead atoms. The van der Waals surface area contributed by atoms with Crippen molar-refractivity contribution in [1.29, 1.82) is 0 Å². The van der Waals surface area contributed by atoms with Gasteiger partial charge in [0.25, 0.3) is 5.91 Å². The third-order valence-corrected chi connectivity index (χ3v) is 6.24. The number of nitrogens with zero attached hydrogens (tertiary/aromatic N) is 1. The number of aryl methyl sites for hydroxylation is 1. The molecule has 1 aliphatic heterocycles. The van der Waals surface area contributed by atoms with Crippen LogP contribution in [-0.4, -0.2) is 17.7 Å². The molecule has 4 rings (SSSR count). The molecule has 2 aromatic rings. The molecule has 0 unspecified atom stereocenters. The molecular formula is C23H23ClN2O3. The number of amides is 3. The van der Waals surface area contributed by atoms with Gasteiger partial charge in [-0.25, -0.2) is 0 Å². The van der Waals surface area contributed by atoms with Crippen LogP contribution in [0.3, 0.4) is 0 Å². The zero-order valence-corrected chi connectivity index (χ0v) is 17.2. The van der Waals surface area contributed by atoms with Crippen molar-refractivity contribution in [2.45, 2.75) is 33.1 Å². The highest BCUT2D eigenvalue weighted by molar-refractivity contribution is 6.31. The summed E-state index contributed by atoms with van der Waals surface area (Å²) >= 11 is 6.03. The van der Waals surface area contributed by atoms with E-state index in [0.29, 0.717) is 27.9 Å². The maximum atomic E-state index is 12.9. The first-order valence-corrected chi connectivity index (χ1v) is 10.3. The van der Waals surface area contributed by atoms with Crippen LogP contribution < -0.4 is 10.2 Å². The highest BCUT2D eigenvalue weighted by atomic mass is 35.5. The molecule has 0 aromatic heterocycles. The number of imide groups is 1. The van der Waals surface area contributed by atoms with E-state index < -0.39 is 0 Å². The first kappa shape index (κ1) is 19.6. The molecule has 0 spiro atoms. The number of hydrogen-bond donors (Lipinski definition) is 1. The number of halogens is 1. The Labute approximate surface area is 175 Å². The fourth-order valence-electron chi connectivity index (χ4n) is 4.35. The molecule has 2 aliphatic rings. The Bertz CT molecular complexity index is 1000. The van der Waals surface area contributed by atoms with E-state index in [1.807, 2.05) is 13.0 Å². The van der Waals surface area contributed by atoms with Crippen molar-refractivity contribution < 1.29 is 14.4 Å². The maximum Gasteiger partial charge on any atom is 0.255 e. The Morgan fingerprint density at radius 1 is 1.07 bits per heavy atom. The molecule has 1 aliphatic carbocycles. The molecule has 150 valence electrons. The van der Waals surface area contributed by atoms with Crippen LogP contribution in [0.1, 0.15) is 42.1 Å². The molecule has 0 radical (unpaired) electrons. The standard InChI is InChI=1S/C23H23ClN2O3/c1-13-6-9-18-19(10-13)23(29)26(22(18)28)17-5-3-4-15(11-17)21(27)25-20-12-16(24)8-7-14(20)2/h3-5,7-8,11-13,18-19H,6,9-10H2,1-2H3,(H,25,27)/t13-,18+,19+/m1/s1. The lowest BCUT2D eigenvalue weighted by Gasteiger charge is -2.25. The lowest BCUT2D eigenvalue weighted by Crippen LogP contribution is -2.31. The van der Waals surface area contributed by atoms with Crippen LogP contribution in [0.4, 0.5) is 11.4 Å². The van der Waals surface area contributed by atoms with E-state index in [-0.39, 0.29) is 29.6 Å². The number of carbonyl (C=O) groups is 3. The van der Waals surface area contributed by atoms with Crippen molar-refractivity contribution in [2.75, 3.05) is 10.2 Å². The number of fused-ring (bicyclic) bond motifs is 1. The Hall–Kier alpha value is -2.66. The van der Waals surface area contributed by atoms with Crippen LogP contribution in [0.5, 0.6) is 0 Å². The summed E-state index contributed by atoms with van der Waals surface area (Å²) in [6.07, 6.45) is 2.47. The van der Waals surface area contributed by atoms with E-state index >= 15 is 0 Å².